The van der Waals surface area contributed by atoms with Crippen LogP contribution in [0.3, 0.4) is 0 Å². The summed E-state index contributed by atoms with van der Waals surface area (Å²) in [6.45, 7) is 2.40. The molecule has 0 aliphatic heterocycles. The zero-order valence-corrected chi connectivity index (χ0v) is 11.4. The Hall–Kier alpha value is -0.330. The summed E-state index contributed by atoms with van der Waals surface area (Å²) in [7, 11) is 0. The van der Waals surface area contributed by atoms with E-state index in [1.54, 1.807) is 0 Å². The quantitative estimate of drug-likeness (QED) is 0.644. The molecule has 0 saturated heterocycles. The second-order valence-corrected chi connectivity index (χ2v) is 6.62. The van der Waals surface area contributed by atoms with Gasteiger partial charge < -0.3 is 4.79 Å². The van der Waals surface area contributed by atoms with Crippen LogP contribution in [0.15, 0.2) is 0 Å². The van der Waals surface area contributed by atoms with Crippen molar-refractivity contribution in [2.75, 3.05) is 0 Å². The van der Waals surface area contributed by atoms with Crippen molar-refractivity contribution in [3.63, 3.8) is 0 Å². The summed E-state index contributed by atoms with van der Waals surface area (Å²) in [5, 5.41) is 0. The number of hydrogen-bond acceptors (Lipinski definition) is 1. The fraction of sp³-hybridized carbons (Fsp3) is 0.938. The smallest absolute Gasteiger partial charge is 0.126 e. The van der Waals surface area contributed by atoms with E-state index in [1.165, 1.54) is 64.1 Å². The third-order valence-electron chi connectivity index (χ3n) is 5.28. The molecule has 0 N–H and O–H groups in total. The first kappa shape index (κ1) is 13.1. The predicted molar refractivity (Wildman–Crippen MR) is 71.9 cm³/mol. The molecule has 0 aromatic rings. The summed E-state index contributed by atoms with van der Waals surface area (Å²) in [5.41, 5.74) is 0.0646. The highest BCUT2D eigenvalue weighted by Gasteiger charge is 2.35. The van der Waals surface area contributed by atoms with Gasteiger partial charge in [-0.25, -0.2) is 0 Å². The van der Waals surface area contributed by atoms with Crippen molar-refractivity contribution < 1.29 is 4.79 Å². The molecule has 98 valence electrons. The van der Waals surface area contributed by atoms with Crippen LogP contribution in [0.1, 0.15) is 77.6 Å². The van der Waals surface area contributed by atoms with Gasteiger partial charge in [-0.05, 0) is 31.1 Å². The molecule has 2 fully saturated rings. The highest BCUT2D eigenvalue weighted by Crippen LogP contribution is 2.43. The third kappa shape index (κ3) is 3.33. The van der Waals surface area contributed by atoms with E-state index >= 15 is 0 Å². The van der Waals surface area contributed by atoms with Gasteiger partial charge in [0.25, 0.3) is 0 Å². The normalized spacial score (nSPS) is 27.6. The Balaban J connectivity index is 1.90. The Labute approximate surface area is 106 Å². The van der Waals surface area contributed by atoms with Gasteiger partial charge in [0.1, 0.15) is 6.29 Å². The Morgan fingerprint density at radius 3 is 2.24 bits per heavy atom. The second-order valence-electron chi connectivity index (χ2n) is 6.62. The molecule has 2 saturated carbocycles. The molecule has 0 radical (unpaired) electrons. The molecule has 0 amide bonds. The van der Waals surface area contributed by atoms with Crippen LogP contribution in [-0.4, -0.2) is 6.29 Å². The minimum absolute atomic E-state index is 0.0646. The van der Waals surface area contributed by atoms with Gasteiger partial charge >= 0.3 is 0 Å². The van der Waals surface area contributed by atoms with Crippen molar-refractivity contribution >= 4 is 6.29 Å². The Kier molecular flexibility index (Phi) is 4.64. The van der Waals surface area contributed by atoms with Crippen LogP contribution in [0.2, 0.25) is 0 Å². The largest absolute Gasteiger partial charge is 0.303 e. The van der Waals surface area contributed by atoms with E-state index in [4.69, 9.17) is 0 Å². The molecular formula is C16H28O. The third-order valence-corrected chi connectivity index (χ3v) is 5.28. The maximum absolute atomic E-state index is 11.5. The average molecular weight is 236 g/mol. The van der Waals surface area contributed by atoms with Crippen LogP contribution in [0.5, 0.6) is 0 Å². The van der Waals surface area contributed by atoms with Gasteiger partial charge in [-0.1, -0.05) is 58.3 Å². The van der Waals surface area contributed by atoms with Crippen molar-refractivity contribution in [3.8, 4) is 0 Å². The van der Waals surface area contributed by atoms with Crippen molar-refractivity contribution in [3.05, 3.63) is 0 Å². The molecule has 1 unspecified atom stereocenters. The summed E-state index contributed by atoms with van der Waals surface area (Å²) in [6.07, 6.45) is 15.8. The molecule has 0 spiro atoms. The van der Waals surface area contributed by atoms with Gasteiger partial charge in [0.15, 0.2) is 0 Å². The summed E-state index contributed by atoms with van der Waals surface area (Å²) >= 11 is 0. The predicted octanol–water partition coefficient (Wildman–Crippen LogP) is 4.74. The maximum Gasteiger partial charge on any atom is 0.126 e. The number of aldehydes is 1. The van der Waals surface area contributed by atoms with Gasteiger partial charge in [-0.3, -0.25) is 0 Å². The molecule has 0 heterocycles. The first-order valence-electron chi connectivity index (χ1n) is 7.72. The highest BCUT2D eigenvalue weighted by molar-refractivity contribution is 5.59. The SMILES string of the molecule is CC(CC1(C=O)CCCCC1)C1CCCCC1. The molecule has 2 aliphatic carbocycles. The molecule has 2 rings (SSSR count). The van der Waals surface area contributed by atoms with Crippen molar-refractivity contribution in [1.29, 1.82) is 0 Å². The van der Waals surface area contributed by atoms with Gasteiger partial charge in [0.2, 0.25) is 0 Å². The maximum atomic E-state index is 11.5. The van der Waals surface area contributed by atoms with Crippen LogP contribution >= 0.6 is 0 Å². The van der Waals surface area contributed by atoms with E-state index in [0.29, 0.717) is 0 Å². The highest BCUT2D eigenvalue weighted by atomic mass is 16.1. The first-order valence-corrected chi connectivity index (χ1v) is 7.72. The minimum atomic E-state index is 0.0646. The van der Waals surface area contributed by atoms with Gasteiger partial charge in [0.05, 0.1) is 0 Å². The fourth-order valence-electron chi connectivity index (χ4n) is 4.14. The topological polar surface area (TPSA) is 17.1 Å². The Bertz CT molecular complexity index is 234. The van der Waals surface area contributed by atoms with E-state index < -0.39 is 0 Å². The van der Waals surface area contributed by atoms with Crippen molar-refractivity contribution in [1.82, 2.24) is 0 Å². The van der Waals surface area contributed by atoms with Gasteiger partial charge in [0, 0.05) is 5.41 Å². The van der Waals surface area contributed by atoms with Crippen molar-refractivity contribution in [2.24, 2.45) is 17.3 Å². The van der Waals surface area contributed by atoms with E-state index in [1.807, 2.05) is 0 Å². The number of hydrogen-bond donors (Lipinski definition) is 0. The molecule has 0 aromatic heterocycles. The fourth-order valence-corrected chi connectivity index (χ4v) is 4.14. The number of carbonyl (C=O) groups is 1. The molecule has 1 atom stereocenters. The zero-order chi connectivity index (χ0) is 12.1. The molecule has 0 bridgehead atoms. The molecule has 1 heteroatoms. The molecular weight excluding hydrogens is 208 g/mol. The Morgan fingerprint density at radius 2 is 1.65 bits per heavy atom. The first-order chi connectivity index (χ1) is 8.26. The number of carbonyl (C=O) groups excluding carboxylic acids is 1. The molecule has 0 aromatic carbocycles. The molecule has 2 aliphatic rings. The summed E-state index contributed by atoms with van der Waals surface area (Å²) < 4.78 is 0. The van der Waals surface area contributed by atoms with Gasteiger partial charge in [-0.15, -0.1) is 0 Å². The lowest BCUT2D eigenvalue weighted by molar-refractivity contribution is -0.119. The van der Waals surface area contributed by atoms with Crippen LogP contribution < -0.4 is 0 Å². The van der Waals surface area contributed by atoms with E-state index in [0.717, 1.165) is 24.7 Å². The van der Waals surface area contributed by atoms with Crippen molar-refractivity contribution in [2.45, 2.75) is 77.6 Å². The van der Waals surface area contributed by atoms with Crippen LogP contribution in [-0.2, 0) is 4.79 Å². The molecule has 1 nitrogen and oxygen atoms in total. The lowest BCUT2D eigenvalue weighted by Crippen LogP contribution is -2.30. The van der Waals surface area contributed by atoms with Crippen LogP contribution in [0, 0.1) is 17.3 Å². The van der Waals surface area contributed by atoms with Crippen LogP contribution in [0.4, 0.5) is 0 Å². The second kappa shape index (κ2) is 6.02. The lowest BCUT2D eigenvalue weighted by Gasteiger charge is -2.37. The van der Waals surface area contributed by atoms with E-state index in [2.05, 4.69) is 6.92 Å². The number of rotatable bonds is 4. The van der Waals surface area contributed by atoms with Gasteiger partial charge in [-0.2, -0.15) is 0 Å². The van der Waals surface area contributed by atoms with E-state index in [9.17, 15) is 4.79 Å². The van der Waals surface area contributed by atoms with Crippen LogP contribution in [0.25, 0.3) is 0 Å². The minimum Gasteiger partial charge on any atom is -0.303 e. The summed E-state index contributed by atoms with van der Waals surface area (Å²) in [6, 6.07) is 0. The lowest BCUT2D eigenvalue weighted by atomic mass is 9.67. The molecule has 17 heavy (non-hydrogen) atoms. The standard InChI is InChI=1S/C16H28O/c1-14(15-8-4-2-5-9-15)12-16(13-17)10-6-3-7-11-16/h13-15H,2-12H2,1H3. The monoisotopic (exact) mass is 236 g/mol. The summed E-state index contributed by atoms with van der Waals surface area (Å²) in [4.78, 5) is 11.5. The average Bonchev–Trinajstić information content (AvgIpc) is 2.41. The zero-order valence-electron chi connectivity index (χ0n) is 11.4. The van der Waals surface area contributed by atoms with E-state index in [-0.39, 0.29) is 5.41 Å². The summed E-state index contributed by atoms with van der Waals surface area (Å²) in [5.74, 6) is 1.67. The Morgan fingerprint density at radius 1 is 1.06 bits per heavy atom.